The molecule has 0 radical (unpaired) electrons. The highest BCUT2D eigenvalue weighted by molar-refractivity contribution is 9.09. The molecule has 2 unspecified atom stereocenters. The summed E-state index contributed by atoms with van der Waals surface area (Å²) in [6.45, 7) is 2.79. The Kier molecular flexibility index (Phi) is 5.60. The van der Waals surface area contributed by atoms with Crippen LogP contribution in [-0.2, 0) is 9.47 Å². The molecule has 0 aromatic carbocycles. The Labute approximate surface area is 107 Å². The Morgan fingerprint density at radius 2 is 1.75 bits per heavy atom. The predicted octanol–water partition coefficient (Wildman–Crippen LogP) is 3.53. The minimum atomic E-state index is 0.449. The molecule has 0 aromatic heterocycles. The van der Waals surface area contributed by atoms with E-state index >= 15 is 0 Å². The van der Waals surface area contributed by atoms with E-state index in [-0.39, 0.29) is 0 Å². The third-order valence-corrected chi connectivity index (χ3v) is 4.81. The first-order valence-electron chi connectivity index (χ1n) is 6.69. The minimum Gasteiger partial charge on any atom is -0.381 e. The number of hydrogen-bond donors (Lipinski definition) is 0. The Balaban J connectivity index is 1.70. The number of halogens is 1. The van der Waals surface area contributed by atoms with Crippen molar-refractivity contribution in [3.05, 3.63) is 0 Å². The average Bonchev–Trinajstić information content (AvgIpc) is 2.53. The fourth-order valence-corrected chi connectivity index (χ4v) is 3.33. The first-order valence-corrected chi connectivity index (χ1v) is 7.61. The van der Waals surface area contributed by atoms with Crippen LogP contribution < -0.4 is 0 Å². The Hall–Kier alpha value is 0.400. The lowest BCUT2D eigenvalue weighted by Crippen LogP contribution is -2.28. The van der Waals surface area contributed by atoms with Gasteiger partial charge in [-0.2, -0.15) is 0 Å². The van der Waals surface area contributed by atoms with Crippen LogP contribution in [0.3, 0.4) is 0 Å². The topological polar surface area (TPSA) is 18.5 Å². The zero-order valence-corrected chi connectivity index (χ0v) is 11.6. The van der Waals surface area contributed by atoms with Gasteiger partial charge in [0, 0.05) is 24.6 Å². The van der Waals surface area contributed by atoms with Gasteiger partial charge in [0.05, 0.1) is 6.10 Å². The van der Waals surface area contributed by atoms with Gasteiger partial charge in [-0.25, -0.2) is 0 Å². The molecule has 1 saturated heterocycles. The second-order valence-corrected chi connectivity index (χ2v) is 6.26. The van der Waals surface area contributed by atoms with Crippen molar-refractivity contribution in [2.24, 2.45) is 5.92 Å². The van der Waals surface area contributed by atoms with E-state index in [4.69, 9.17) is 9.47 Å². The summed E-state index contributed by atoms with van der Waals surface area (Å²) in [5.74, 6) is 0.733. The van der Waals surface area contributed by atoms with Gasteiger partial charge >= 0.3 is 0 Å². The van der Waals surface area contributed by atoms with Gasteiger partial charge in [-0.15, -0.1) is 0 Å². The van der Waals surface area contributed by atoms with E-state index in [9.17, 15) is 0 Å². The van der Waals surface area contributed by atoms with Crippen molar-refractivity contribution in [1.82, 2.24) is 0 Å². The van der Waals surface area contributed by atoms with E-state index in [0.717, 1.165) is 25.7 Å². The molecule has 3 heteroatoms. The van der Waals surface area contributed by atoms with E-state index < -0.39 is 0 Å². The first-order chi connectivity index (χ1) is 7.86. The Morgan fingerprint density at radius 1 is 1.00 bits per heavy atom. The molecule has 2 nitrogen and oxygen atoms in total. The van der Waals surface area contributed by atoms with Gasteiger partial charge in [-0.3, -0.25) is 0 Å². The zero-order chi connectivity index (χ0) is 11.2. The van der Waals surface area contributed by atoms with E-state index in [1.807, 2.05) is 0 Å². The quantitative estimate of drug-likeness (QED) is 0.585. The highest BCUT2D eigenvalue weighted by atomic mass is 79.9. The maximum absolute atomic E-state index is 6.11. The Bertz CT molecular complexity index is 192. The molecule has 0 amide bonds. The van der Waals surface area contributed by atoms with Gasteiger partial charge in [0.15, 0.2) is 0 Å². The van der Waals surface area contributed by atoms with Crippen LogP contribution in [0.25, 0.3) is 0 Å². The van der Waals surface area contributed by atoms with Crippen molar-refractivity contribution in [2.75, 3.05) is 19.8 Å². The van der Waals surface area contributed by atoms with Crippen molar-refractivity contribution in [2.45, 2.75) is 55.9 Å². The van der Waals surface area contributed by atoms with Crippen LogP contribution in [-0.4, -0.2) is 30.8 Å². The van der Waals surface area contributed by atoms with Gasteiger partial charge in [0.2, 0.25) is 0 Å². The van der Waals surface area contributed by atoms with Crippen molar-refractivity contribution < 1.29 is 9.47 Å². The van der Waals surface area contributed by atoms with Crippen molar-refractivity contribution in [3.8, 4) is 0 Å². The molecule has 94 valence electrons. The second kappa shape index (κ2) is 6.97. The molecule has 1 heterocycles. The SMILES string of the molecule is BrC1CCCCCC1OCC1CCOCC1. The highest BCUT2D eigenvalue weighted by Crippen LogP contribution is 2.27. The van der Waals surface area contributed by atoms with Crippen molar-refractivity contribution in [1.29, 1.82) is 0 Å². The molecule has 0 spiro atoms. The van der Waals surface area contributed by atoms with E-state index in [2.05, 4.69) is 15.9 Å². The molecule has 1 aliphatic carbocycles. The summed E-state index contributed by atoms with van der Waals surface area (Å²) in [6, 6.07) is 0. The van der Waals surface area contributed by atoms with Gasteiger partial charge in [0.1, 0.15) is 0 Å². The normalized spacial score (nSPS) is 33.6. The minimum absolute atomic E-state index is 0.449. The van der Waals surface area contributed by atoms with Crippen molar-refractivity contribution >= 4 is 15.9 Å². The van der Waals surface area contributed by atoms with Gasteiger partial charge in [-0.1, -0.05) is 35.2 Å². The standard InChI is InChI=1S/C13H23BrO2/c14-12-4-2-1-3-5-13(12)16-10-11-6-8-15-9-7-11/h11-13H,1-10H2. The first kappa shape index (κ1) is 12.8. The second-order valence-electron chi connectivity index (χ2n) is 5.08. The largest absolute Gasteiger partial charge is 0.381 e. The molecule has 2 aliphatic rings. The molecular weight excluding hydrogens is 268 g/mol. The molecule has 1 saturated carbocycles. The van der Waals surface area contributed by atoms with Crippen LogP contribution >= 0.6 is 15.9 Å². The van der Waals surface area contributed by atoms with E-state index in [1.54, 1.807) is 0 Å². The van der Waals surface area contributed by atoms with Crippen LogP contribution in [0.5, 0.6) is 0 Å². The lowest BCUT2D eigenvalue weighted by molar-refractivity contribution is -0.0127. The van der Waals surface area contributed by atoms with Crippen LogP contribution in [0.15, 0.2) is 0 Å². The lowest BCUT2D eigenvalue weighted by atomic mass is 10.0. The molecular formula is C13H23BrO2. The molecule has 2 fully saturated rings. The predicted molar refractivity (Wildman–Crippen MR) is 69.1 cm³/mol. The van der Waals surface area contributed by atoms with Crippen LogP contribution in [0.4, 0.5) is 0 Å². The van der Waals surface area contributed by atoms with E-state index in [0.29, 0.717) is 10.9 Å². The fourth-order valence-electron chi connectivity index (χ4n) is 2.59. The molecule has 2 atom stereocenters. The summed E-state index contributed by atoms with van der Waals surface area (Å²) in [5.41, 5.74) is 0. The Morgan fingerprint density at radius 3 is 2.56 bits per heavy atom. The zero-order valence-electron chi connectivity index (χ0n) is 10.00. The summed E-state index contributed by atoms with van der Waals surface area (Å²) >= 11 is 3.78. The average molecular weight is 291 g/mol. The van der Waals surface area contributed by atoms with Crippen LogP contribution in [0.2, 0.25) is 0 Å². The number of ether oxygens (including phenoxy) is 2. The maximum Gasteiger partial charge on any atom is 0.0700 e. The smallest absolute Gasteiger partial charge is 0.0700 e. The maximum atomic E-state index is 6.11. The third-order valence-electron chi connectivity index (χ3n) is 3.76. The lowest BCUT2D eigenvalue weighted by Gasteiger charge is -2.26. The fraction of sp³-hybridized carbons (Fsp3) is 1.00. The summed E-state index contributed by atoms with van der Waals surface area (Å²) in [7, 11) is 0. The molecule has 1 aliphatic heterocycles. The van der Waals surface area contributed by atoms with Gasteiger partial charge in [0.25, 0.3) is 0 Å². The van der Waals surface area contributed by atoms with Gasteiger partial charge < -0.3 is 9.47 Å². The van der Waals surface area contributed by atoms with Crippen LogP contribution in [0, 0.1) is 5.92 Å². The van der Waals surface area contributed by atoms with Gasteiger partial charge in [-0.05, 0) is 31.6 Å². The third kappa shape index (κ3) is 4.01. The monoisotopic (exact) mass is 290 g/mol. The molecule has 0 aromatic rings. The summed E-state index contributed by atoms with van der Waals surface area (Å²) in [4.78, 5) is 0.579. The van der Waals surface area contributed by atoms with Crippen LogP contribution in [0.1, 0.15) is 44.9 Å². The molecule has 16 heavy (non-hydrogen) atoms. The number of hydrogen-bond acceptors (Lipinski definition) is 2. The summed E-state index contributed by atoms with van der Waals surface area (Å²) < 4.78 is 11.5. The molecule has 2 rings (SSSR count). The number of alkyl halides is 1. The summed E-state index contributed by atoms with van der Waals surface area (Å²) in [6.07, 6.45) is 9.38. The van der Waals surface area contributed by atoms with Crippen molar-refractivity contribution in [3.63, 3.8) is 0 Å². The molecule has 0 bridgehead atoms. The number of rotatable bonds is 3. The summed E-state index contributed by atoms with van der Waals surface area (Å²) in [5, 5.41) is 0. The molecule has 0 N–H and O–H groups in total. The van der Waals surface area contributed by atoms with E-state index in [1.165, 1.54) is 44.9 Å². The highest BCUT2D eigenvalue weighted by Gasteiger charge is 2.23.